The van der Waals surface area contributed by atoms with Crippen LogP contribution in [0.1, 0.15) is 18.4 Å². The molecule has 1 atom stereocenters. The fourth-order valence-corrected chi connectivity index (χ4v) is 1.70. The molecule has 15 heavy (non-hydrogen) atoms. The lowest BCUT2D eigenvalue weighted by Gasteiger charge is -2.11. The second kappa shape index (κ2) is 6.83. The maximum absolute atomic E-state index is 9.74. The van der Waals surface area contributed by atoms with Crippen LogP contribution in [0.3, 0.4) is 0 Å². The van der Waals surface area contributed by atoms with Crippen molar-refractivity contribution in [3.8, 4) is 0 Å². The number of rotatable bonds is 6. The minimum absolute atomic E-state index is 0.333. The van der Waals surface area contributed by atoms with Crippen molar-refractivity contribution in [3.05, 3.63) is 34.9 Å². The van der Waals surface area contributed by atoms with Crippen LogP contribution in [0, 0.1) is 0 Å². The molecule has 0 radical (unpaired) electrons. The zero-order valence-electron chi connectivity index (χ0n) is 8.95. The molecule has 0 aliphatic carbocycles. The third-order valence-electron chi connectivity index (χ3n) is 2.30. The van der Waals surface area contributed by atoms with Crippen LogP contribution < -0.4 is 0 Å². The average molecular weight is 229 g/mol. The summed E-state index contributed by atoms with van der Waals surface area (Å²) in [5.74, 6) is 0. The molecule has 0 aliphatic rings. The molecule has 0 spiro atoms. The van der Waals surface area contributed by atoms with Crippen LogP contribution in [0.4, 0.5) is 0 Å². The normalized spacial score (nSPS) is 12.7. The Morgan fingerprint density at radius 1 is 1.40 bits per heavy atom. The molecule has 0 aliphatic heterocycles. The van der Waals surface area contributed by atoms with Gasteiger partial charge in [0.25, 0.3) is 0 Å². The highest BCUT2D eigenvalue weighted by Crippen LogP contribution is 2.17. The number of aliphatic hydroxyl groups is 1. The predicted octanol–water partition coefficient (Wildman–Crippen LogP) is 2.67. The Balaban J connectivity index is 2.37. The molecule has 1 aromatic rings. The molecule has 1 rings (SSSR count). The summed E-state index contributed by atoms with van der Waals surface area (Å²) in [5, 5.41) is 10.5. The average Bonchev–Trinajstić information content (AvgIpc) is 2.22. The van der Waals surface area contributed by atoms with Crippen LogP contribution in [-0.4, -0.2) is 24.9 Å². The van der Waals surface area contributed by atoms with E-state index in [0.29, 0.717) is 13.0 Å². The van der Waals surface area contributed by atoms with E-state index in [4.69, 9.17) is 16.3 Å². The van der Waals surface area contributed by atoms with Crippen molar-refractivity contribution in [2.24, 2.45) is 0 Å². The number of benzene rings is 1. The van der Waals surface area contributed by atoms with Crippen molar-refractivity contribution in [2.45, 2.75) is 25.4 Å². The van der Waals surface area contributed by atoms with Gasteiger partial charge in [0.2, 0.25) is 0 Å². The zero-order chi connectivity index (χ0) is 11.1. The molecule has 0 heterocycles. The minimum Gasteiger partial charge on any atom is -0.393 e. The van der Waals surface area contributed by atoms with Crippen molar-refractivity contribution < 1.29 is 9.84 Å². The number of hydrogen-bond donors (Lipinski definition) is 1. The number of halogens is 1. The van der Waals surface area contributed by atoms with Crippen LogP contribution in [-0.2, 0) is 11.2 Å². The first-order chi connectivity index (χ1) is 7.24. The van der Waals surface area contributed by atoms with Crippen LogP contribution in [0.5, 0.6) is 0 Å². The van der Waals surface area contributed by atoms with E-state index in [-0.39, 0.29) is 6.10 Å². The van der Waals surface area contributed by atoms with E-state index < -0.39 is 0 Å². The maximum atomic E-state index is 9.74. The maximum Gasteiger partial charge on any atom is 0.0581 e. The Morgan fingerprint density at radius 2 is 2.13 bits per heavy atom. The molecule has 0 bridgehead atoms. The molecule has 0 amide bonds. The second-order valence-electron chi connectivity index (χ2n) is 3.58. The number of ether oxygens (including phenoxy) is 1. The summed E-state index contributed by atoms with van der Waals surface area (Å²) in [7, 11) is 1.67. The molecule has 0 fully saturated rings. The molecular weight excluding hydrogens is 212 g/mol. The van der Waals surface area contributed by atoms with E-state index >= 15 is 0 Å². The lowest BCUT2D eigenvalue weighted by molar-refractivity contribution is 0.135. The first kappa shape index (κ1) is 12.5. The molecule has 0 saturated carbocycles. The molecule has 84 valence electrons. The molecule has 1 unspecified atom stereocenters. The van der Waals surface area contributed by atoms with E-state index in [1.807, 2.05) is 24.3 Å². The third kappa shape index (κ3) is 4.65. The van der Waals surface area contributed by atoms with Gasteiger partial charge in [-0.25, -0.2) is 0 Å². The molecule has 2 nitrogen and oxygen atoms in total. The van der Waals surface area contributed by atoms with Gasteiger partial charge in [0.1, 0.15) is 0 Å². The van der Waals surface area contributed by atoms with Gasteiger partial charge >= 0.3 is 0 Å². The lowest BCUT2D eigenvalue weighted by Crippen LogP contribution is -2.11. The van der Waals surface area contributed by atoms with Crippen molar-refractivity contribution in [2.75, 3.05) is 13.7 Å². The Labute approximate surface area is 95.8 Å². The van der Waals surface area contributed by atoms with Gasteiger partial charge in [-0.1, -0.05) is 29.8 Å². The Bertz CT molecular complexity index is 289. The van der Waals surface area contributed by atoms with Gasteiger partial charge in [0.05, 0.1) is 6.10 Å². The van der Waals surface area contributed by atoms with Crippen molar-refractivity contribution >= 4 is 11.6 Å². The first-order valence-electron chi connectivity index (χ1n) is 5.14. The van der Waals surface area contributed by atoms with Crippen molar-refractivity contribution in [3.63, 3.8) is 0 Å². The molecule has 1 N–H and O–H groups in total. The highest BCUT2D eigenvalue weighted by molar-refractivity contribution is 6.31. The van der Waals surface area contributed by atoms with Gasteiger partial charge < -0.3 is 9.84 Å². The molecule has 3 heteroatoms. The quantitative estimate of drug-likeness (QED) is 0.759. The smallest absolute Gasteiger partial charge is 0.0581 e. The van der Waals surface area contributed by atoms with E-state index in [0.717, 1.165) is 23.4 Å². The molecule has 1 aromatic carbocycles. The molecular formula is C12H17ClO2. The van der Waals surface area contributed by atoms with Crippen molar-refractivity contribution in [1.82, 2.24) is 0 Å². The minimum atomic E-state index is -0.333. The Morgan fingerprint density at radius 3 is 2.80 bits per heavy atom. The summed E-state index contributed by atoms with van der Waals surface area (Å²) in [6, 6.07) is 7.62. The van der Waals surface area contributed by atoms with Crippen LogP contribution in [0.25, 0.3) is 0 Å². The SMILES string of the molecule is COCCCC(O)Cc1ccccc1Cl. The van der Waals surface area contributed by atoms with Gasteiger partial charge in [-0.05, 0) is 30.9 Å². The summed E-state index contributed by atoms with van der Waals surface area (Å²) in [5.41, 5.74) is 1.00. The topological polar surface area (TPSA) is 29.5 Å². The van der Waals surface area contributed by atoms with Gasteiger partial charge in [-0.15, -0.1) is 0 Å². The highest BCUT2D eigenvalue weighted by Gasteiger charge is 2.07. The van der Waals surface area contributed by atoms with Gasteiger partial charge in [0.15, 0.2) is 0 Å². The van der Waals surface area contributed by atoms with Crippen LogP contribution >= 0.6 is 11.6 Å². The van der Waals surface area contributed by atoms with Gasteiger partial charge in [-0.3, -0.25) is 0 Å². The largest absolute Gasteiger partial charge is 0.393 e. The van der Waals surface area contributed by atoms with E-state index in [1.54, 1.807) is 7.11 Å². The summed E-state index contributed by atoms with van der Waals surface area (Å²) < 4.78 is 4.93. The molecule has 0 saturated heterocycles. The number of aliphatic hydroxyl groups excluding tert-OH is 1. The van der Waals surface area contributed by atoms with Crippen molar-refractivity contribution in [1.29, 1.82) is 0 Å². The van der Waals surface area contributed by atoms with Crippen LogP contribution in [0.15, 0.2) is 24.3 Å². The standard InChI is InChI=1S/C12H17ClO2/c1-15-8-4-6-11(14)9-10-5-2-3-7-12(10)13/h2-3,5,7,11,14H,4,6,8-9H2,1H3. The Hall–Kier alpha value is -0.570. The van der Waals surface area contributed by atoms with Gasteiger partial charge in [0, 0.05) is 18.7 Å². The third-order valence-corrected chi connectivity index (χ3v) is 2.67. The first-order valence-corrected chi connectivity index (χ1v) is 5.52. The summed E-state index contributed by atoms with van der Waals surface area (Å²) in [6.45, 7) is 0.694. The molecule has 0 aromatic heterocycles. The monoisotopic (exact) mass is 228 g/mol. The predicted molar refractivity (Wildman–Crippen MR) is 62.3 cm³/mol. The van der Waals surface area contributed by atoms with E-state index in [2.05, 4.69) is 0 Å². The fourth-order valence-electron chi connectivity index (χ4n) is 1.48. The summed E-state index contributed by atoms with van der Waals surface area (Å²) in [6.07, 6.45) is 1.91. The van der Waals surface area contributed by atoms with E-state index in [9.17, 15) is 5.11 Å². The van der Waals surface area contributed by atoms with E-state index in [1.165, 1.54) is 0 Å². The lowest BCUT2D eigenvalue weighted by atomic mass is 10.0. The second-order valence-corrected chi connectivity index (χ2v) is 3.99. The van der Waals surface area contributed by atoms with Crippen LogP contribution in [0.2, 0.25) is 5.02 Å². The summed E-state index contributed by atoms with van der Waals surface area (Å²) in [4.78, 5) is 0. The zero-order valence-corrected chi connectivity index (χ0v) is 9.70. The number of hydrogen-bond acceptors (Lipinski definition) is 2. The fraction of sp³-hybridized carbons (Fsp3) is 0.500. The van der Waals surface area contributed by atoms with Gasteiger partial charge in [-0.2, -0.15) is 0 Å². The number of methoxy groups -OCH3 is 1. The summed E-state index contributed by atoms with van der Waals surface area (Å²) >= 11 is 5.99. The Kier molecular flexibility index (Phi) is 5.69. The highest BCUT2D eigenvalue weighted by atomic mass is 35.5.